The molecule has 1 aliphatic carbocycles. The molecular weight excluding hydrogens is 288 g/mol. The Balaban J connectivity index is 1.84. The van der Waals surface area contributed by atoms with Crippen LogP contribution in [0.25, 0.3) is 10.1 Å². The number of rotatable bonds is 3. The molecule has 1 saturated carbocycles. The van der Waals surface area contributed by atoms with Crippen molar-refractivity contribution in [1.82, 2.24) is 9.69 Å². The van der Waals surface area contributed by atoms with Crippen LogP contribution in [0.4, 0.5) is 10.5 Å². The van der Waals surface area contributed by atoms with Gasteiger partial charge in [-0.1, -0.05) is 18.9 Å². The summed E-state index contributed by atoms with van der Waals surface area (Å²) in [5, 5.41) is 6.36. The van der Waals surface area contributed by atoms with Gasteiger partial charge in [-0.05, 0) is 36.5 Å². The van der Waals surface area contributed by atoms with Gasteiger partial charge in [0.1, 0.15) is 0 Å². The number of carbonyl (C=O) groups is 2. The van der Waals surface area contributed by atoms with E-state index in [1.165, 1.54) is 11.5 Å². The summed E-state index contributed by atoms with van der Waals surface area (Å²) in [7, 11) is 0. The number of fused-ring (bicyclic) bond motifs is 1. The van der Waals surface area contributed by atoms with Crippen LogP contribution < -0.4 is 16.4 Å². The summed E-state index contributed by atoms with van der Waals surface area (Å²) in [6.45, 7) is 0. The van der Waals surface area contributed by atoms with Crippen molar-refractivity contribution < 1.29 is 9.59 Å². The molecule has 1 fully saturated rings. The lowest BCUT2D eigenvalue weighted by molar-refractivity contribution is 0.0998. The number of amides is 3. The number of hydrogen-bond donors (Lipinski definition) is 3. The molecule has 1 aromatic heterocycles. The van der Waals surface area contributed by atoms with Crippen molar-refractivity contribution in [1.29, 1.82) is 0 Å². The molecule has 0 saturated heterocycles. The molecule has 3 amide bonds. The molecule has 110 valence electrons. The predicted molar refractivity (Wildman–Crippen MR) is 82.5 cm³/mol. The van der Waals surface area contributed by atoms with E-state index in [0.717, 1.165) is 30.4 Å². The van der Waals surface area contributed by atoms with E-state index in [9.17, 15) is 9.59 Å². The van der Waals surface area contributed by atoms with Gasteiger partial charge in [0, 0.05) is 11.4 Å². The van der Waals surface area contributed by atoms with E-state index in [1.54, 1.807) is 6.07 Å². The summed E-state index contributed by atoms with van der Waals surface area (Å²) < 4.78 is 4.88. The first-order valence-corrected chi connectivity index (χ1v) is 7.68. The molecular formula is C14H16N4O2S. The Kier molecular flexibility index (Phi) is 3.74. The molecule has 3 rings (SSSR count). The highest BCUT2D eigenvalue weighted by molar-refractivity contribution is 7.13. The Bertz CT molecular complexity index is 691. The fourth-order valence-electron chi connectivity index (χ4n) is 2.68. The summed E-state index contributed by atoms with van der Waals surface area (Å²) in [5.74, 6) is -0.591. The van der Waals surface area contributed by atoms with Gasteiger partial charge in [0.2, 0.25) is 0 Å². The van der Waals surface area contributed by atoms with Gasteiger partial charge in [0.05, 0.1) is 10.4 Å². The molecule has 0 unspecified atom stereocenters. The molecule has 6 nitrogen and oxygen atoms in total. The third-order valence-corrected chi connectivity index (χ3v) is 4.48. The molecule has 0 radical (unpaired) electrons. The lowest BCUT2D eigenvalue weighted by Gasteiger charge is -2.13. The standard InChI is InChI=1S/C14H16N4O2S/c15-13(19)12-11-9(6-3-7-10(11)21-18-12)17-14(20)16-8-4-1-2-5-8/h3,6-8H,1-2,4-5H2,(H2,15,19)(H2,16,17,20). The van der Waals surface area contributed by atoms with E-state index in [-0.39, 0.29) is 17.8 Å². The lowest BCUT2D eigenvalue weighted by atomic mass is 10.1. The van der Waals surface area contributed by atoms with Crippen LogP contribution in [0.1, 0.15) is 36.2 Å². The number of anilines is 1. The fourth-order valence-corrected chi connectivity index (χ4v) is 3.49. The van der Waals surface area contributed by atoms with Crippen molar-refractivity contribution in [2.45, 2.75) is 31.7 Å². The van der Waals surface area contributed by atoms with Gasteiger partial charge < -0.3 is 16.4 Å². The topological polar surface area (TPSA) is 97.1 Å². The van der Waals surface area contributed by atoms with Gasteiger partial charge in [-0.25, -0.2) is 4.79 Å². The molecule has 0 atom stereocenters. The van der Waals surface area contributed by atoms with Crippen LogP contribution in [0.2, 0.25) is 0 Å². The molecule has 1 aromatic carbocycles. The van der Waals surface area contributed by atoms with Crippen molar-refractivity contribution >= 4 is 39.2 Å². The number of benzene rings is 1. The van der Waals surface area contributed by atoms with Crippen molar-refractivity contribution in [3.8, 4) is 0 Å². The molecule has 1 heterocycles. The quantitative estimate of drug-likeness (QED) is 0.812. The van der Waals surface area contributed by atoms with Crippen molar-refractivity contribution in [3.05, 3.63) is 23.9 Å². The maximum Gasteiger partial charge on any atom is 0.319 e. The van der Waals surface area contributed by atoms with Crippen LogP contribution in [0.5, 0.6) is 0 Å². The second kappa shape index (κ2) is 5.69. The summed E-state index contributed by atoms with van der Waals surface area (Å²) in [5.41, 5.74) is 6.09. The third-order valence-electron chi connectivity index (χ3n) is 3.67. The van der Waals surface area contributed by atoms with E-state index in [4.69, 9.17) is 5.73 Å². The maximum atomic E-state index is 12.1. The molecule has 0 spiro atoms. The number of aromatic nitrogens is 1. The van der Waals surface area contributed by atoms with Crippen LogP contribution in [-0.2, 0) is 0 Å². The Morgan fingerprint density at radius 3 is 2.76 bits per heavy atom. The van der Waals surface area contributed by atoms with Crippen LogP contribution in [0.15, 0.2) is 18.2 Å². The van der Waals surface area contributed by atoms with Crippen LogP contribution in [-0.4, -0.2) is 22.4 Å². The number of urea groups is 1. The van der Waals surface area contributed by atoms with E-state index in [1.807, 2.05) is 12.1 Å². The van der Waals surface area contributed by atoms with Crippen molar-refractivity contribution in [3.63, 3.8) is 0 Å². The summed E-state index contributed by atoms with van der Waals surface area (Å²) in [6.07, 6.45) is 4.34. The molecule has 0 bridgehead atoms. The second-order valence-corrected chi connectivity index (χ2v) is 5.96. The highest BCUT2D eigenvalue weighted by atomic mass is 32.1. The molecule has 0 aliphatic heterocycles. The minimum atomic E-state index is -0.591. The molecule has 1 aliphatic rings. The van der Waals surface area contributed by atoms with Crippen LogP contribution in [0.3, 0.4) is 0 Å². The zero-order chi connectivity index (χ0) is 14.8. The second-order valence-electron chi connectivity index (χ2n) is 5.15. The largest absolute Gasteiger partial charge is 0.364 e. The number of nitrogens with two attached hydrogens (primary N) is 1. The molecule has 21 heavy (non-hydrogen) atoms. The van der Waals surface area contributed by atoms with Crippen LogP contribution >= 0.6 is 11.5 Å². The number of carbonyl (C=O) groups excluding carboxylic acids is 2. The Hall–Kier alpha value is -2.15. The Morgan fingerprint density at radius 2 is 2.05 bits per heavy atom. The van der Waals surface area contributed by atoms with Gasteiger partial charge in [0.15, 0.2) is 5.69 Å². The van der Waals surface area contributed by atoms with Gasteiger partial charge in [0.25, 0.3) is 5.91 Å². The monoisotopic (exact) mass is 304 g/mol. The smallest absolute Gasteiger partial charge is 0.319 e. The highest BCUT2D eigenvalue weighted by Gasteiger charge is 2.19. The maximum absolute atomic E-state index is 12.1. The molecule has 7 heteroatoms. The first kappa shape index (κ1) is 13.8. The van der Waals surface area contributed by atoms with Gasteiger partial charge in [-0.2, -0.15) is 4.37 Å². The minimum Gasteiger partial charge on any atom is -0.364 e. The van der Waals surface area contributed by atoms with E-state index >= 15 is 0 Å². The third kappa shape index (κ3) is 2.82. The van der Waals surface area contributed by atoms with Gasteiger partial charge in [-0.15, -0.1) is 0 Å². The summed E-state index contributed by atoms with van der Waals surface area (Å²) in [6, 6.07) is 5.39. The number of hydrogen-bond acceptors (Lipinski definition) is 4. The van der Waals surface area contributed by atoms with Crippen molar-refractivity contribution in [2.24, 2.45) is 5.73 Å². The first-order valence-electron chi connectivity index (χ1n) is 6.91. The number of nitrogens with zero attached hydrogens (tertiary/aromatic N) is 1. The molecule has 2 aromatic rings. The highest BCUT2D eigenvalue weighted by Crippen LogP contribution is 2.29. The zero-order valence-corrected chi connectivity index (χ0v) is 12.2. The van der Waals surface area contributed by atoms with E-state index < -0.39 is 5.91 Å². The lowest BCUT2D eigenvalue weighted by Crippen LogP contribution is -2.36. The molecule has 4 N–H and O–H groups in total. The van der Waals surface area contributed by atoms with Crippen molar-refractivity contribution in [2.75, 3.05) is 5.32 Å². The Morgan fingerprint density at radius 1 is 1.29 bits per heavy atom. The summed E-state index contributed by atoms with van der Waals surface area (Å²) in [4.78, 5) is 23.5. The minimum absolute atomic E-state index is 0.201. The number of nitrogens with one attached hydrogen (secondary N) is 2. The van der Waals surface area contributed by atoms with E-state index in [2.05, 4.69) is 15.0 Å². The average molecular weight is 304 g/mol. The average Bonchev–Trinajstić information content (AvgIpc) is 3.07. The van der Waals surface area contributed by atoms with Crippen LogP contribution in [0, 0.1) is 0 Å². The summed E-state index contributed by atoms with van der Waals surface area (Å²) >= 11 is 1.19. The number of primary amides is 1. The predicted octanol–water partition coefficient (Wildman–Crippen LogP) is 2.46. The van der Waals surface area contributed by atoms with E-state index in [0.29, 0.717) is 11.1 Å². The van der Waals surface area contributed by atoms with Gasteiger partial charge in [-0.3, -0.25) is 4.79 Å². The Labute approximate surface area is 125 Å². The SMILES string of the molecule is NC(=O)c1nsc2cccc(NC(=O)NC3CCCC3)c12. The van der Waals surface area contributed by atoms with Gasteiger partial charge >= 0.3 is 6.03 Å². The fraction of sp³-hybridized carbons (Fsp3) is 0.357. The first-order chi connectivity index (χ1) is 10.1. The normalized spacial score (nSPS) is 15.2. The zero-order valence-electron chi connectivity index (χ0n) is 11.4.